The van der Waals surface area contributed by atoms with Crippen LogP contribution in [0.2, 0.25) is 0 Å². The van der Waals surface area contributed by atoms with E-state index in [1.165, 1.54) is 11.3 Å². The number of methoxy groups -OCH3 is 2. The van der Waals surface area contributed by atoms with E-state index in [-0.39, 0.29) is 5.91 Å². The van der Waals surface area contributed by atoms with Gasteiger partial charge < -0.3 is 14.0 Å². The monoisotopic (exact) mass is 318 g/mol. The van der Waals surface area contributed by atoms with E-state index in [4.69, 9.17) is 15.9 Å². The summed E-state index contributed by atoms with van der Waals surface area (Å²) < 4.78 is 13.4. The van der Waals surface area contributed by atoms with Gasteiger partial charge in [-0.05, 0) is 6.42 Å². The zero-order valence-corrected chi connectivity index (χ0v) is 13.7. The van der Waals surface area contributed by atoms with Crippen molar-refractivity contribution in [2.75, 3.05) is 14.2 Å². The minimum Gasteiger partial charge on any atom is -0.493 e. The number of fused-ring (bicyclic) bond motifs is 1. The first-order valence-electron chi connectivity index (χ1n) is 6.91. The molecule has 5 nitrogen and oxygen atoms in total. The van der Waals surface area contributed by atoms with Crippen molar-refractivity contribution in [3.63, 3.8) is 0 Å². The van der Waals surface area contributed by atoms with Crippen LogP contribution < -0.4 is 14.3 Å². The van der Waals surface area contributed by atoms with Gasteiger partial charge in [-0.2, -0.15) is 4.99 Å². The van der Waals surface area contributed by atoms with Crippen molar-refractivity contribution < 1.29 is 14.3 Å². The summed E-state index contributed by atoms with van der Waals surface area (Å²) in [6.45, 7) is 2.29. The summed E-state index contributed by atoms with van der Waals surface area (Å²) in [7, 11) is 3.17. The lowest BCUT2D eigenvalue weighted by atomic mass is 10.3. The Balaban J connectivity index is 2.70. The minimum atomic E-state index is -0.140. The molecule has 22 heavy (non-hydrogen) atoms. The molecule has 0 radical (unpaired) electrons. The van der Waals surface area contributed by atoms with Gasteiger partial charge in [0.25, 0.3) is 0 Å². The third kappa shape index (κ3) is 3.15. The van der Waals surface area contributed by atoms with Crippen LogP contribution in [0.5, 0.6) is 11.5 Å². The molecule has 1 amide bonds. The smallest absolute Gasteiger partial charge is 0.248 e. The van der Waals surface area contributed by atoms with E-state index >= 15 is 0 Å². The highest BCUT2D eigenvalue weighted by atomic mass is 32.1. The van der Waals surface area contributed by atoms with Gasteiger partial charge in [0, 0.05) is 18.6 Å². The van der Waals surface area contributed by atoms with Crippen molar-refractivity contribution in [2.45, 2.75) is 26.3 Å². The summed E-state index contributed by atoms with van der Waals surface area (Å²) in [5.74, 6) is 3.71. The van der Waals surface area contributed by atoms with Gasteiger partial charge in [0.1, 0.15) is 0 Å². The lowest BCUT2D eigenvalue weighted by molar-refractivity contribution is -0.118. The molecule has 1 heterocycles. The largest absolute Gasteiger partial charge is 0.493 e. The Labute approximate surface area is 133 Å². The van der Waals surface area contributed by atoms with E-state index in [0.29, 0.717) is 29.3 Å². The van der Waals surface area contributed by atoms with Crippen LogP contribution in [0.25, 0.3) is 10.2 Å². The fourth-order valence-electron chi connectivity index (χ4n) is 2.10. The molecule has 0 N–H and O–H groups in total. The van der Waals surface area contributed by atoms with Gasteiger partial charge in [-0.1, -0.05) is 24.2 Å². The predicted molar refractivity (Wildman–Crippen MR) is 87.2 cm³/mol. The first-order chi connectivity index (χ1) is 10.6. The van der Waals surface area contributed by atoms with Crippen LogP contribution in [0.1, 0.15) is 19.8 Å². The molecule has 0 aliphatic rings. The molecule has 0 bridgehead atoms. The lowest BCUT2D eigenvalue weighted by Gasteiger charge is -2.08. The fourth-order valence-corrected chi connectivity index (χ4v) is 3.16. The van der Waals surface area contributed by atoms with Gasteiger partial charge in [0.2, 0.25) is 5.91 Å². The number of hydrogen-bond donors (Lipinski definition) is 0. The van der Waals surface area contributed by atoms with Gasteiger partial charge >= 0.3 is 0 Å². The quantitative estimate of drug-likeness (QED) is 0.796. The number of hydrogen-bond acceptors (Lipinski definition) is 4. The van der Waals surface area contributed by atoms with Gasteiger partial charge in [0.15, 0.2) is 16.3 Å². The predicted octanol–water partition coefficient (Wildman–Crippen LogP) is 2.58. The SMILES string of the molecule is C#CCn1c(=NC(=O)CCC)sc2cc(OC)c(OC)cc21. The van der Waals surface area contributed by atoms with Gasteiger partial charge in [-0.25, -0.2) is 0 Å². The van der Waals surface area contributed by atoms with E-state index < -0.39 is 0 Å². The molecule has 0 saturated carbocycles. The number of nitrogens with zero attached hydrogens (tertiary/aromatic N) is 2. The van der Waals surface area contributed by atoms with Crippen molar-refractivity contribution in [1.29, 1.82) is 0 Å². The number of ether oxygens (including phenoxy) is 2. The van der Waals surface area contributed by atoms with Crippen LogP contribution >= 0.6 is 11.3 Å². The molecule has 0 fully saturated rings. The van der Waals surface area contributed by atoms with Crippen molar-refractivity contribution >= 4 is 27.5 Å². The summed E-state index contributed by atoms with van der Waals surface area (Å²) in [4.78, 5) is 16.6. The highest BCUT2D eigenvalue weighted by Gasteiger charge is 2.12. The molecule has 1 aromatic carbocycles. The van der Waals surface area contributed by atoms with Crippen LogP contribution in [0.15, 0.2) is 17.1 Å². The molecule has 6 heteroatoms. The van der Waals surface area contributed by atoms with Crippen LogP contribution in [0, 0.1) is 12.3 Å². The average Bonchev–Trinajstić information content (AvgIpc) is 2.83. The van der Waals surface area contributed by atoms with Crippen molar-refractivity contribution in [3.05, 3.63) is 16.9 Å². The number of amides is 1. The van der Waals surface area contributed by atoms with Crippen LogP contribution in [-0.4, -0.2) is 24.7 Å². The van der Waals surface area contributed by atoms with Crippen LogP contribution in [0.4, 0.5) is 0 Å². The zero-order valence-electron chi connectivity index (χ0n) is 12.9. The number of rotatable bonds is 5. The molecule has 0 aliphatic heterocycles. The van der Waals surface area contributed by atoms with Gasteiger partial charge in [-0.15, -0.1) is 6.42 Å². The summed E-state index contributed by atoms with van der Waals surface area (Å²) >= 11 is 1.41. The Morgan fingerprint density at radius 2 is 2.05 bits per heavy atom. The summed E-state index contributed by atoms with van der Waals surface area (Å²) in [5, 5.41) is 0. The highest BCUT2D eigenvalue weighted by Crippen LogP contribution is 2.33. The Morgan fingerprint density at radius 1 is 1.36 bits per heavy atom. The number of terminal acetylenes is 1. The van der Waals surface area contributed by atoms with Crippen molar-refractivity contribution in [2.24, 2.45) is 4.99 Å². The second kappa shape index (κ2) is 7.14. The molecule has 0 unspecified atom stereocenters. The summed E-state index contributed by atoms with van der Waals surface area (Å²) in [6.07, 6.45) is 6.64. The third-order valence-corrected chi connectivity index (χ3v) is 4.16. The van der Waals surface area contributed by atoms with E-state index in [1.54, 1.807) is 14.2 Å². The topological polar surface area (TPSA) is 52.8 Å². The van der Waals surface area contributed by atoms with E-state index in [0.717, 1.165) is 16.6 Å². The maximum atomic E-state index is 11.8. The van der Waals surface area contributed by atoms with Crippen molar-refractivity contribution in [3.8, 4) is 23.8 Å². The Morgan fingerprint density at radius 3 is 2.64 bits per heavy atom. The normalized spacial score (nSPS) is 11.5. The van der Waals surface area contributed by atoms with E-state index in [2.05, 4.69) is 10.9 Å². The van der Waals surface area contributed by atoms with Crippen molar-refractivity contribution in [1.82, 2.24) is 4.57 Å². The minimum absolute atomic E-state index is 0.140. The first-order valence-corrected chi connectivity index (χ1v) is 7.72. The molecule has 0 saturated heterocycles. The third-order valence-electron chi connectivity index (χ3n) is 3.12. The second-order valence-electron chi connectivity index (χ2n) is 4.61. The maximum Gasteiger partial charge on any atom is 0.248 e. The first kappa shape index (κ1) is 16.1. The highest BCUT2D eigenvalue weighted by molar-refractivity contribution is 7.16. The average molecular weight is 318 g/mol. The molecule has 0 aliphatic carbocycles. The number of carbonyl (C=O) groups is 1. The zero-order chi connectivity index (χ0) is 16.1. The maximum absolute atomic E-state index is 11.8. The van der Waals surface area contributed by atoms with Crippen LogP contribution in [0.3, 0.4) is 0 Å². The Hall–Kier alpha value is -2.26. The standard InChI is InChI=1S/C16H18N2O3S/c1-5-7-15(19)17-16-18(8-6-2)11-9-12(20-3)13(21-4)10-14(11)22-16/h2,9-10H,5,7-8H2,1,3-4H3. The molecule has 2 aromatic rings. The number of benzene rings is 1. The number of carbonyl (C=O) groups excluding carboxylic acids is 1. The van der Waals surface area contributed by atoms with E-state index in [9.17, 15) is 4.79 Å². The molecule has 116 valence electrons. The summed E-state index contributed by atoms with van der Waals surface area (Å²) in [5.41, 5.74) is 0.878. The number of aromatic nitrogens is 1. The molecular formula is C16H18N2O3S. The molecule has 2 rings (SSSR count). The van der Waals surface area contributed by atoms with Crippen LogP contribution in [-0.2, 0) is 11.3 Å². The lowest BCUT2D eigenvalue weighted by Crippen LogP contribution is -2.16. The van der Waals surface area contributed by atoms with E-state index in [1.807, 2.05) is 23.6 Å². The molecule has 0 atom stereocenters. The fraction of sp³-hybridized carbons (Fsp3) is 0.375. The van der Waals surface area contributed by atoms with Gasteiger partial charge in [-0.3, -0.25) is 4.79 Å². The number of thiazole rings is 1. The van der Waals surface area contributed by atoms with Gasteiger partial charge in [0.05, 0.1) is 31.0 Å². The second-order valence-corrected chi connectivity index (χ2v) is 5.61. The Kier molecular flexibility index (Phi) is 5.23. The molecular weight excluding hydrogens is 300 g/mol. The summed E-state index contributed by atoms with van der Waals surface area (Å²) in [6, 6.07) is 3.72. The Bertz CT molecular complexity index is 796. The molecule has 1 aromatic heterocycles. The molecule has 0 spiro atoms.